The Labute approximate surface area is 130 Å². The first-order valence-electron chi connectivity index (χ1n) is 6.32. The van der Waals surface area contributed by atoms with Crippen LogP contribution in [0.3, 0.4) is 0 Å². The smallest absolute Gasteiger partial charge is 0.276 e. The van der Waals surface area contributed by atoms with Gasteiger partial charge >= 0.3 is 0 Å². The summed E-state index contributed by atoms with van der Waals surface area (Å²) >= 11 is 5.96. The van der Waals surface area contributed by atoms with Gasteiger partial charge in [0.1, 0.15) is 5.82 Å². The minimum absolute atomic E-state index is 0.111. The van der Waals surface area contributed by atoms with Gasteiger partial charge in [0.25, 0.3) is 11.6 Å². The number of benzene rings is 2. The number of nitro benzene ring substituents is 1. The van der Waals surface area contributed by atoms with Crippen LogP contribution in [0.4, 0.5) is 15.8 Å². The molecule has 0 atom stereocenters. The van der Waals surface area contributed by atoms with Crippen molar-refractivity contribution < 1.29 is 14.1 Å². The van der Waals surface area contributed by atoms with Gasteiger partial charge in [0.2, 0.25) is 0 Å². The highest BCUT2D eigenvalue weighted by Crippen LogP contribution is 2.26. The van der Waals surface area contributed by atoms with Crippen molar-refractivity contribution in [2.24, 2.45) is 0 Å². The van der Waals surface area contributed by atoms with Gasteiger partial charge in [-0.15, -0.1) is 0 Å². The van der Waals surface area contributed by atoms with Crippen LogP contribution in [0.1, 0.15) is 21.5 Å². The molecule has 0 saturated heterocycles. The van der Waals surface area contributed by atoms with Gasteiger partial charge in [-0.1, -0.05) is 17.7 Å². The summed E-state index contributed by atoms with van der Waals surface area (Å²) in [6.45, 7) is 3.01. The second-order valence-electron chi connectivity index (χ2n) is 4.73. The van der Waals surface area contributed by atoms with Gasteiger partial charge in [-0.3, -0.25) is 14.9 Å². The van der Waals surface area contributed by atoms with E-state index in [0.29, 0.717) is 16.3 Å². The Bertz CT molecular complexity index is 778. The zero-order valence-corrected chi connectivity index (χ0v) is 12.6. The lowest BCUT2D eigenvalue weighted by Gasteiger charge is -2.10. The van der Waals surface area contributed by atoms with Crippen molar-refractivity contribution in [3.05, 3.63) is 68.0 Å². The molecule has 7 heteroatoms. The standard InChI is InChI=1S/C15H12ClFN2O3/c1-8-11(16)4-3-5-13(8)18-15(20)10-6-12(17)9(2)14(7-10)19(21)22/h3-7H,1-2H3,(H,18,20). The molecular weight excluding hydrogens is 311 g/mol. The topological polar surface area (TPSA) is 72.2 Å². The Morgan fingerprint density at radius 2 is 1.95 bits per heavy atom. The summed E-state index contributed by atoms with van der Waals surface area (Å²) in [4.78, 5) is 22.3. The fourth-order valence-electron chi connectivity index (χ4n) is 1.92. The second kappa shape index (κ2) is 6.11. The fourth-order valence-corrected chi connectivity index (χ4v) is 2.10. The average Bonchev–Trinajstić information content (AvgIpc) is 2.46. The number of hydrogen-bond donors (Lipinski definition) is 1. The van der Waals surface area contributed by atoms with E-state index in [0.717, 1.165) is 12.1 Å². The molecule has 0 unspecified atom stereocenters. The SMILES string of the molecule is Cc1c(Cl)cccc1NC(=O)c1cc(F)c(C)c([N+](=O)[O-])c1. The number of carbonyl (C=O) groups excluding carboxylic acids is 1. The molecule has 0 heterocycles. The number of carbonyl (C=O) groups is 1. The fraction of sp³-hybridized carbons (Fsp3) is 0.133. The van der Waals surface area contributed by atoms with Crippen LogP contribution in [0, 0.1) is 29.8 Å². The molecule has 1 N–H and O–H groups in total. The van der Waals surface area contributed by atoms with E-state index < -0.39 is 22.3 Å². The Hall–Kier alpha value is -2.47. The molecule has 22 heavy (non-hydrogen) atoms. The van der Waals surface area contributed by atoms with E-state index in [1.165, 1.54) is 6.92 Å². The Morgan fingerprint density at radius 1 is 1.27 bits per heavy atom. The molecule has 2 aromatic carbocycles. The highest BCUT2D eigenvalue weighted by molar-refractivity contribution is 6.31. The molecule has 114 valence electrons. The minimum atomic E-state index is -0.804. The Morgan fingerprint density at radius 3 is 2.59 bits per heavy atom. The lowest BCUT2D eigenvalue weighted by Crippen LogP contribution is -2.14. The third-order valence-electron chi connectivity index (χ3n) is 3.29. The van der Waals surface area contributed by atoms with Crippen LogP contribution >= 0.6 is 11.6 Å². The highest BCUT2D eigenvalue weighted by Gasteiger charge is 2.20. The molecule has 2 aromatic rings. The predicted octanol–water partition coefficient (Wildman–Crippen LogP) is 4.26. The van der Waals surface area contributed by atoms with E-state index in [9.17, 15) is 19.3 Å². The molecule has 2 rings (SSSR count). The number of rotatable bonds is 3. The summed E-state index contributed by atoms with van der Waals surface area (Å²) in [6, 6.07) is 6.98. The van der Waals surface area contributed by atoms with Crippen molar-refractivity contribution in [1.82, 2.24) is 0 Å². The number of nitrogens with one attached hydrogen (secondary N) is 1. The lowest BCUT2D eigenvalue weighted by molar-refractivity contribution is -0.385. The molecule has 0 aliphatic carbocycles. The molecule has 0 aliphatic heterocycles. The summed E-state index contributed by atoms with van der Waals surface area (Å²) in [5, 5.41) is 13.9. The van der Waals surface area contributed by atoms with Crippen LogP contribution in [-0.2, 0) is 0 Å². The highest BCUT2D eigenvalue weighted by atomic mass is 35.5. The second-order valence-corrected chi connectivity index (χ2v) is 5.13. The van der Waals surface area contributed by atoms with Crippen molar-refractivity contribution in [3.8, 4) is 0 Å². The van der Waals surface area contributed by atoms with Crippen molar-refractivity contribution in [2.45, 2.75) is 13.8 Å². The third kappa shape index (κ3) is 3.07. The molecular formula is C15H12ClFN2O3. The quantitative estimate of drug-likeness (QED) is 0.678. The van der Waals surface area contributed by atoms with E-state index >= 15 is 0 Å². The number of halogens is 2. The van der Waals surface area contributed by atoms with Crippen LogP contribution in [0.25, 0.3) is 0 Å². The zero-order valence-electron chi connectivity index (χ0n) is 11.8. The third-order valence-corrected chi connectivity index (χ3v) is 3.70. The molecule has 5 nitrogen and oxygen atoms in total. The summed E-state index contributed by atoms with van der Waals surface area (Å²) < 4.78 is 13.7. The van der Waals surface area contributed by atoms with Gasteiger partial charge < -0.3 is 5.32 Å². The van der Waals surface area contributed by atoms with Crippen LogP contribution < -0.4 is 5.32 Å². The van der Waals surface area contributed by atoms with Crippen molar-refractivity contribution in [2.75, 3.05) is 5.32 Å². The number of anilines is 1. The van der Waals surface area contributed by atoms with E-state index in [-0.39, 0.29) is 11.1 Å². The van der Waals surface area contributed by atoms with Gasteiger partial charge in [-0.25, -0.2) is 4.39 Å². The Balaban J connectivity index is 2.38. The number of hydrogen-bond acceptors (Lipinski definition) is 3. The monoisotopic (exact) mass is 322 g/mol. The van der Waals surface area contributed by atoms with E-state index in [2.05, 4.69) is 5.32 Å². The van der Waals surface area contributed by atoms with Crippen LogP contribution in [0.2, 0.25) is 5.02 Å². The van der Waals surface area contributed by atoms with Gasteiger partial charge in [0.05, 0.1) is 10.5 Å². The first kappa shape index (κ1) is 15.9. The normalized spacial score (nSPS) is 10.4. The van der Waals surface area contributed by atoms with Crippen LogP contribution in [-0.4, -0.2) is 10.8 Å². The first-order chi connectivity index (χ1) is 10.3. The summed E-state index contributed by atoms with van der Waals surface area (Å²) in [5.74, 6) is -1.45. The largest absolute Gasteiger partial charge is 0.322 e. The molecule has 0 bridgehead atoms. The van der Waals surface area contributed by atoms with E-state index in [4.69, 9.17) is 11.6 Å². The maximum atomic E-state index is 13.7. The molecule has 0 aliphatic rings. The van der Waals surface area contributed by atoms with Crippen molar-refractivity contribution >= 4 is 28.9 Å². The molecule has 1 amide bonds. The van der Waals surface area contributed by atoms with Crippen LogP contribution in [0.15, 0.2) is 30.3 Å². The van der Waals surface area contributed by atoms with E-state index in [1.54, 1.807) is 25.1 Å². The van der Waals surface area contributed by atoms with Crippen molar-refractivity contribution in [3.63, 3.8) is 0 Å². The molecule has 0 saturated carbocycles. The summed E-state index contributed by atoms with van der Waals surface area (Å²) in [5.41, 5.74) is 0.434. The minimum Gasteiger partial charge on any atom is -0.322 e. The molecule has 0 radical (unpaired) electrons. The van der Waals surface area contributed by atoms with Gasteiger partial charge in [-0.2, -0.15) is 0 Å². The van der Waals surface area contributed by atoms with Crippen LogP contribution in [0.5, 0.6) is 0 Å². The summed E-state index contributed by atoms with van der Waals surface area (Å²) in [6.07, 6.45) is 0. The van der Waals surface area contributed by atoms with E-state index in [1.807, 2.05) is 0 Å². The lowest BCUT2D eigenvalue weighted by atomic mass is 10.1. The maximum absolute atomic E-state index is 13.7. The summed E-state index contributed by atoms with van der Waals surface area (Å²) in [7, 11) is 0. The zero-order chi connectivity index (χ0) is 16.4. The van der Waals surface area contributed by atoms with Gasteiger partial charge in [0.15, 0.2) is 0 Å². The Kier molecular flexibility index (Phi) is 4.42. The molecule has 0 fully saturated rings. The predicted molar refractivity (Wildman–Crippen MR) is 81.9 cm³/mol. The molecule has 0 aromatic heterocycles. The van der Waals surface area contributed by atoms with Gasteiger partial charge in [-0.05, 0) is 37.6 Å². The van der Waals surface area contributed by atoms with Crippen molar-refractivity contribution in [1.29, 1.82) is 0 Å². The number of amides is 1. The van der Waals surface area contributed by atoms with Gasteiger partial charge in [0, 0.05) is 22.3 Å². The maximum Gasteiger partial charge on any atom is 0.276 e. The first-order valence-corrected chi connectivity index (χ1v) is 6.70. The molecule has 0 spiro atoms. The average molecular weight is 323 g/mol. The number of nitro groups is 1. The number of nitrogens with zero attached hydrogens (tertiary/aromatic N) is 1.